The Kier molecular flexibility index (Phi) is 3.34. The van der Waals surface area contributed by atoms with Crippen molar-refractivity contribution < 1.29 is 0 Å². The molecular formula is C9H20N2. The first-order valence-corrected chi connectivity index (χ1v) is 4.74. The molecule has 0 aromatic heterocycles. The van der Waals surface area contributed by atoms with Gasteiger partial charge in [0.05, 0.1) is 0 Å². The van der Waals surface area contributed by atoms with Gasteiger partial charge in [0.2, 0.25) is 0 Å². The summed E-state index contributed by atoms with van der Waals surface area (Å²) in [5.74, 6) is 0.953. The van der Waals surface area contributed by atoms with Crippen LogP contribution >= 0.6 is 0 Å². The van der Waals surface area contributed by atoms with Crippen molar-refractivity contribution in [2.75, 3.05) is 6.54 Å². The Morgan fingerprint density at radius 1 is 1.64 bits per heavy atom. The largest absolute Gasteiger partial charge is 0.329 e. The van der Waals surface area contributed by atoms with E-state index in [1.165, 1.54) is 19.3 Å². The molecule has 0 amide bonds. The lowest BCUT2D eigenvalue weighted by Gasteiger charge is -2.10. The van der Waals surface area contributed by atoms with Gasteiger partial charge in [0, 0.05) is 18.6 Å². The van der Waals surface area contributed by atoms with Gasteiger partial charge in [-0.25, -0.2) is 0 Å². The van der Waals surface area contributed by atoms with E-state index < -0.39 is 0 Å². The van der Waals surface area contributed by atoms with Crippen molar-refractivity contribution in [1.82, 2.24) is 5.32 Å². The van der Waals surface area contributed by atoms with E-state index in [-0.39, 0.29) is 0 Å². The standard InChI is InChI=1S/C9H20N2/c1-3-4-8-5-9(8)11-7(2)6-10/h7-9,11H,3-6,10H2,1-2H3. The molecule has 3 atom stereocenters. The lowest BCUT2D eigenvalue weighted by molar-refractivity contribution is 0.519. The summed E-state index contributed by atoms with van der Waals surface area (Å²) in [7, 11) is 0. The van der Waals surface area contributed by atoms with Gasteiger partial charge in [0.1, 0.15) is 0 Å². The first kappa shape index (κ1) is 9.01. The van der Waals surface area contributed by atoms with Crippen LogP contribution in [0.1, 0.15) is 33.1 Å². The van der Waals surface area contributed by atoms with Gasteiger partial charge >= 0.3 is 0 Å². The highest BCUT2D eigenvalue weighted by molar-refractivity contribution is 4.93. The Hall–Kier alpha value is -0.0800. The van der Waals surface area contributed by atoms with Crippen molar-refractivity contribution >= 4 is 0 Å². The second kappa shape index (κ2) is 4.07. The monoisotopic (exact) mass is 156 g/mol. The second-order valence-electron chi connectivity index (χ2n) is 3.69. The first-order chi connectivity index (χ1) is 5.27. The maximum atomic E-state index is 5.51. The van der Waals surface area contributed by atoms with Crippen LogP contribution in [-0.4, -0.2) is 18.6 Å². The van der Waals surface area contributed by atoms with E-state index in [4.69, 9.17) is 5.73 Å². The summed E-state index contributed by atoms with van der Waals surface area (Å²) in [5, 5.41) is 3.51. The molecule has 0 saturated heterocycles. The Morgan fingerprint density at radius 2 is 2.36 bits per heavy atom. The first-order valence-electron chi connectivity index (χ1n) is 4.74. The third-order valence-electron chi connectivity index (χ3n) is 2.43. The molecule has 1 aliphatic carbocycles. The molecule has 11 heavy (non-hydrogen) atoms. The fourth-order valence-electron chi connectivity index (χ4n) is 1.58. The second-order valence-corrected chi connectivity index (χ2v) is 3.69. The Bertz CT molecular complexity index is 114. The minimum atomic E-state index is 0.502. The van der Waals surface area contributed by atoms with E-state index >= 15 is 0 Å². The van der Waals surface area contributed by atoms with E-state index in [1.807, 2.05) is 0 Å². The number of nitrogens with one attached hydrogen (secondary N) is 1. The van der Waals surface area contributed by atoms with Crippen LogP contribution in [0.3, 0.4) is 0 Å². The predicted octanol–water partition coefficient (Wildman–Crippen LogP) is 1.11. The summed E-state index contributed by atoms with van der Waals surface area (Å²) in [6.45, 7) is 5.17. The van der Waals surface area contributed by atoms with Gasteiger partial charge in [-0.15, -0.1) is 0 Å². The van der Waals surface area contributed by atoms with Gasteiger partial charge in [-0.05, 0) is 25.7 Å². The Balaban J connectivity index is 2.03. The van der Waals surface area contributed by atoms with Crippen molar-refractivity contribution in [3.8, 4) is 0 Å². The maximum absolute atomic E-state index is 5.51. The highest BCUT2D eigenvalue weighted by atomic mass is 15.0. The molecule has 0 heterocycles. The fraction of sp³-hybridized carbons (Fsp3) is 1.00. The molecule has 3 unspecified atom stereocenters. The molecule has 0 aromatic carbocycles. The smallest absolute Gasteiger partial charge is 0.0164 e. The van der Waals surface area contributed by atoms with Gasteiger partial charge in [0.15, 0.2) is 0 Å². The van der Waals surface area contributed by atoms with Crippen molar-refractivity contribution in [3.05, 3.63) is 0 Å². The molecule has 3 N–H and O–H groups in total. The molecule has 0 spiro atoms. The summed E-state index contributed by atoms with van der Waals surface area (Å²) in [6.07, 6.45) is 4.08. The maximum Gasteiger partial charge on any atom is 0.0164 e. The third-order valence-corrected chi connectivity index (χ3v) is 2.43. The van der Waals surface area contributed by atoms with E-state index in [2.05, 4.69) is 19.2 Å². The molecule has 1 fully saturated rings. The van der Waals surface area contributed by atoms with E-state index in [1.54, 1.807) is 0 Å². The molecule has 1 aliphatic rings. The van der Waals surface area contributed by atoms with E-state index in [0.717, 1.165) is 18.5 Å². The van der Waals surface area contributed by atoms with Crippen molar-refractivity contribution in [1.29, 1.82) is 0 Å². The minimum absolute atomic E-state index is 0.502. The van der Waals surface area contributed by atoms with Crippen LogP contribution in [-0.2, 0) is 0 Å². The lowest BCUT2D eigenvalue weighted by atomic mass is 10.2. The van der Waals surface area contributed by atoms with Crippen LogP contribution in [0.2, 0.25) is 0 Å². The van der Waals surface area contributed by atoms with Crippen LogP contribution in [0.4, 0.5) is 0 Å². The van der Waals surface area contributed by atoms with E-state index in [9.17, 15) is 0 Å². The van der Waals surface area contributed by atoms with E-state index in [0.29, 0.717) is 6.04 Å². The van der Waals surface area contributed by atoms with Crippen LogP contribution in [0.25, 0.3) is 0 Å². The SMILES string of the molecule is CCCC1CC1NC(C)CN. The average molecular weight is 156 g/mol. The lowest BCUT2D eigenvalue weighted by Crippen LogP contribution is -2.35. The molecule has 1 rings (SSSR count). The molecule has 0 radical (unpaired) electrons. The van der Waals surface area contributed by atoms with Crippen molar-refractivity contribution in [3.63, 3.8) is 0 Å². The molecular weight excluding hydrogens is 136 g/mol. The summed E-state index contributed by atoms with van der Waals surface area (Å²) >= 11 is 0. The topological polar surface area (TPSA) is 38.0 Å². The number of rotatable bonds is 5. The van der Waals surface area contributed by atoms with Crippen LogP contribution < -0.4 is 11.1 Å². The summed E-state index contributed by atoms with van der Waals surface area (Å²) in [6, 6.07) is 1.29. The summed E-state index contributed by atoms with van der Waals surface area (Å²) in [5.41, 5.74) is 5.51. The van der Waals surface area contributed by atoms with Crippen LogP contribution in [0.5, 0.6) is 0 Å². The Labute approximate surface area is 69.5 Å². The van der Waals surface area contributed by atoms with Crippen molar-refractivity contribution in [2.24, 2.45) is 11.7 Å². The molecule has 0 bridgehead atoms. The minimum Gasteiger partial charge on any atom is -0.329 e. The average Bonchev–Trinajstić information content (AvgIpc) is 2.69. The molecule has 1 saturated carbocycles. The Morgan fingerprint density at radius 3 is 2.91 bits per heavy atom. The number of hydrogen-bond acceptors (Lipinski definition) is 2. The van der Waals surface area contributed by atoms with Crippen LogP contribution in [0, 0.1) is 5.92 Å². The molecule has 66 valence electrons. The zero-order valence-electron chi connectivity index (χ0n) is 7.64. The highest BCUT2D eigenvalue weighted by Gasteiger charge is 2.35. The summed E-state index contributed by atoms with van der Waals surface area (Å²) in [4.78, 5) is 0. The van der Waals surface area contributed by atoms with Gasteiger partial charge in [-0.1, -0.05) is 13.3 Å². The van der Waals surface area contributed by atoms with Gasteiger partial charge in [0.25, 0.3) is 0 Å². The molecule has 0 aromatic rings. The molecule has 0 aliphatic heterocycles. The predicted molar refractivity (Wildman–Crippen MR) is 48.5 cm³/mol. The number of nitrogens with two attached hydrogens (primary N) is 1. The summed E-state index contributed by atoms with van der Waals surface area (Å²) < 4.78 is 0. The zero-order valence-corrected chi connectivity index (χ0v) is 7.64. The molecule has 2 heteroatoms. The normalized spacial score (nSPS) is 31.9. The van der Waals surface area contributed by atoms with Crippen LogP contribution in [0.15, 0.2) is 0 Å². The molecule has 2 nitrogen and oxygen atoms in total. The zero-order chi connectivity index (χ0) is 8.27. The fourth-order valence-corrected chi connectivity index (χ4v) is 1.58. The number of hydrogen-bond donors (Lipinski definition) is 2. The van der Waals surface area contributed by atoms with Gasteiger partial charge < -0.3 is 11.1 Å². The van der Waals surface area contributed by atoms with Crippen molar-refractivity contribution in [2.45, 2.75) is 45.2 Å². The highest BCUT2D eigenvalue weighted by Crippen LogP contribution is 2.34. The van der Waals surface area contributed by atoms with Gasteiger partial charge in [-0.2, -0.15) is 0 Å². The quantitative estimate of drug-likeness (QED) is 0.626. The van der Waals surface area contributed by atoms with Gasteiger partial charge in [-0.3, -0.25) is 0 Å². The third kappa shape index (κ3) is 2.80.